The van der Waals surface area contributed by atoms with Crippen molar-refractivity contribution < 1.29 is 23.8 Å². The highest BCUT2D eigenvalue weighted by molar-refractivity contribution is 6.18. The van der Waals surface area contributed by atoms with Crippen LogP contribution in [-0.2, 0) is 9.47 Å². The van der Waals surface area contributed by atoms with Gasteiger partial charge in [0.15, 0.2) is 0 Å². The Morgan fingerprint density at radius 2 is 1.46 bits per heavy atom. The van der Waals surface area contributed by atoms with Crippen LogP contribution in [-0.4, -0.2) is 37.7 Å². The summed E-state index contributed by atoms with van der Waals surface area (Å²) in [6.07, 6.45) is 0. The number of aryl methyl sites for hydroxylation is 1. The monoisotopic (exact) mass is 377 g/mol. The van der Waals surface area contributed by atoms with E-state index in [1.54, 1.807) is 13.2 Å². The first-order valence-electron chi connectivity index (χ1n) is 8.73. The zero-order chi connectivity index (χ0) is 20.0. The number of pyridine rings is 1. The second-order valence-electron chi connectivity index (χ2n) is 6.45. The van der Waals surface area contributed by atoms with Crippen molar-refractivity contribution in [1.82, 2.24) is 4.40 Å². The molecule has 0 aliphatic heterocycles. The van der Waals surface area contributed by atoms with E-state index in [1.807, 2.05) is 47.7 Å². The van der Waals surface area contributed by atoms with Gasteiger partial charge in [-0.05, 0) is 18.1 Å². The minimum Gasteiger partial charge on any atom is -0.497 e. The summed E-state index contributed by atoms with van der Waals surface area (Å²) in [7, 11) is 4.15. The first kappa shape index (κ1) is 17.9. The summed E-state index contributed by atoms with van der Waals surface area (Å²) in [6, 6.07) is 13.4. The van der Waals surface area contributed by atoms with Crippen LogP contribution < -0.4 is 4.74 Å². The van der Waals surface area contributed by atoms with Crippen molar-refractivity contribution in [2.75, 3.05) is 21.3 Å². The van der Waals surface area contributed by atoms with Gasteiger partial charge in [-0.3, -0.25) is 0 Å². The van der Waals surface area contributed by atoms with Crippen molar-refractivity contribution in [1.29, 1.82) is 0 Å². The maximum Gasteiger partial charge on any atom is 0.340 e. The number of methoxy groups -OCH3 is 3. The molecule has 0 fully saturated rings. The highest BCUT2D eigenvalue weighted by Gasteiger charge is 2.32. The Morgan fingerprint density at radius 1 is 0.857 bits per heavy atom. The zero-order valence-corrected chi connectivity index (χ0v) is 16.0. The Labute approximate surface area is 161 Å². The zero-order valence-electron chi connectivity index (χ0n) is 16.0. The van der Waals surface area contributed by atoms with Crippen LogP contribution >= 0.6 is 0 Å². The number of hydrogen-bond acceptors (Lipinski definition) is 5. The van der Waals surface area contributed by atoms with Crippen molar-refractivity contribution in [2.45, 2.75) is 6.92 Å². The van der Waals surface area contributed by atoms with Gasteiger partial charge in [-0.15, -0.1) is 0 Å². The maximum absolute atomic E-state index is 12.8. The number of benzene rings is 1. The van der Waals surface area contributed by atoms with E-state index in [-0.39, 0.29) is 11.1 Å². The lowest BCUT2D eigenvalue weighted by Gasteiger charge is -2.07. The van der Waals surface area contributed by atoms with Crippen LogP contribution in [0.1, 0.15) is 26.3 Å². The molecule has 0 N–H and O–H groups in total. The van der Waals surface area contributed by atoms with Crippen LogP contribution in [0.5, 0.6) is 5.75 Å². The lowest BCUT2D eigenvalue weighted by Crippen LogP contribution is -2.10. The van der Waals surface area contributed by atoms with E-state index in [2.05, 4.69) is 0 Å². The number of aromatic nitrogens is 1. The summed E-state index contributed by atoms with van der Waals surface area (Å²) in [5.74, 6) is -0.607. The lowest BCUT2D eigenvalue weighted by molar-refractivity contribution is 0.0559. The van der Waals surface area contributed by atoms with Crippen LogP contribution in [0, 0.1) is 6.92 Å². The molecule has 4 aromatic rings. The number of carbonyl (C=O) groups is 2. The van der Waals surface area contributed by atoms with E-state index >= 15 is 0 Å². The van der Waals surface area contributed by atoms with Crippen LogP contribution in [0.15, 0.2) is 42.5 Å². The first-order valence-corrected chi connectivity index (χ1v) is 8.73. The highest BCUT2D eigenvalue weighted by atomic mass is 16.5. The predicted octanol–water partition coefficient (Wildman–Crippen LogP) is 4.09. The molecular weight excluding hydrogens is 358 g/mol. The predicted molar refractivity (Wildman–Crippen MR) is 105 cm³/mol. The molecule has 142 valence electrons. The fourth-order valence-electron chi connectivity index (χ4n) is 3.86. The molecule has 0 radical (unpaired) electrons. The molecule has 1 aromatic carbocycles. The number of nitrogens with zero attached hydrogens (tertiary/aromatic N) is 1. The van der Waals surface area contributed by atoms with Gasteiger partial charge in [-0.2, -0.15) is 0 Å². The van der Waals surface area contributed by atoms with Crippen molar-refractivity contribution in [3.05, 3.63) is 59.2 Å². The van der Waals surface area contributed by atoms with Crippen LogP contribution in [0.2, 0.25) is 0 Å². The van der Waals surface area contributed by atoms with Gasteiger partial charge in [-0.25, -0.2) is 9.59 Å². The third-order valence-electron chi connectivity index (χ3n) is 5.08. The van der Waals surface area contributed by atoms with Gasteiger partial charge in [0.25, 0.3) is 0 Å². The molecule has 0 aliphatic carbocycles. The number of hydrogen-bond donors (Lipinski definition) is 0. The van der Waals surface area contributed by atoms with Gasteiger partial charge >= 0.3 is 11.9 Å². The van der Waals surface area contributed by atoms with Crippen molar-refractivity contribution in [3.8, 4) is 16.9 Å². The Hall–Kier alpha value is -3.54. The molecule has 4 rings (SSSR count). The van der Waals surface area contributed by atoms with E-state index in [1.165, 1.54) is 14.2 Å². The lowest BCUT2D eigenvalue weighted by atomic mass is 9.99. The smallest absolute Gasteiger partial charge is 0.340 e. The van der Waals surface area contributed by atoms with E-state index < -0.39 is 11.9 Å². The van der Waals surface area contributed by atoms with Gasteiger partial charge in [0.1, 0.15) is 16.9 Å². The van der Waals surface area contributed by atoms with Gasteiger partial charge < -0.3 is 18.6 Å². The highest BCUT2D eigenvalue weighted by Crippen LogP contribution is 2.42. The molecule has 0 saturated carbocycles. The fraction of sp³-hybridized carbons (Fsp3) is 0.182. The quantitative estimate of drug-likeness (QED) is 0.501. The number of carbonyl (C=O) groups excluding carboxylic acids is 2. The molecule has 0 atom stereocenters. The van der Waals surface area contributed by atoms with Gasteiger partial charge in [0.2, 0.25) is 0 Å². The summed E-state index contributed by atoms with van der Waals surface area (Å²) in [5.41, 5.74) is 5.18. The minimum atomic E-state index is -0.602. The van der Waals surface area contributed by atoms with Gasteiger partial charge in [0.05, 0.1) is 37.9 Å². The number of ether oxygens (including phenoxy) is 3. The van der Waals surface area contributed by atoms with Crippen molar-refractivity contribution >= 4 is 28.5 Å². The molecule has 0 amide bonds. The Bertz CT molecular complexity index is 1210. The second-order valence-corrected chi connectivity index (χ2v) is 6.45. The average Bonchev–Trinajstić information content (AvgIpc) is 3.22. The summed E-state index contributed by atoms with van der Waals surface area (Å²) in [5, 5.41) is 0. The summed E-state index contributed by atoms with van der Waals surface area (Å²) >= 11 is 0. The van der Waals surface area contributed by atoms with E-state index in [0.29, 0.717) is 16.8 Å². The molecule has 0 unspecified atom stereocenters. The summed E-state index contributed by atoms with van der Waals surface area (Å²) in [6.45, 7) is 1.99. The molecular formula is C22H19NO5. The van der Waals surface area contributed by atoms with Crippen molar-refractivity contribution in [2.24, 2.45) is 0 Å². The molecule has 3 heterocycles. The Balaban J connectivity index is 2.28. The third-order valence-corrected chi connectivity index (χ3v) is 5.08. The largest absolute Gasteiger partial charge is 0.497 e. The topological polar surface area (TPSA) is 66.2 Å². The summed E-state index contributed by atoms with van der Waals surface area (Å²) in [4.78, 5) is 25.4. The van der Waals surface area contributed by atoms with E-state index in [0.717, 1.165) is 22.2 Å². The average molecular weight is 377 g/mol. The molecule has 28 heavy (non-hydrogen) atoms. The van der Waals surface area contributed by atoms with E-state index in [9.17, 15) is 9.59 Å². The molecule has 0 saturated heterocycles. The number of esters is 2. The molecule has 6 heteroatoms. The standard InChI is InChI=1S/C22H19NO5/c1-12-15-10-14(26-2)11-16-18(21(24)27-3)19(22(25)28-4)20(23(15)16)17(12)13-8-6-5-7-9-13/h5-11H,1-4H3. The van der Waals surface area contributed by atoms with E-state index in [4.69, 9.17) is 14.2 Å². The van der Waals surface area contributed by atoms with Crippen LogP contribution in [0.25, 0.3) is 27.7 Å². The maximum atomic E-state index is 12.8. The Morgan fingerprint density at radius 3 is 2.07 bits per heavy atom. The van der Waals surface area contributed by atoms with Crippen LogP contribution in [0.4, 0.5) is 0 Å². The molecule has 0 aliphatic rings. The SMILES string of the molecule is COC(=O)c1c(C(=O)OC)c2c(-c3ccccc3)c(C)c3cc(OC)cc1n32. The van der Waals surface area contributed by atoms with Crippen molar-refractivity contribution in [3.63, 3.8) is 0 Å². The molecule has 0 spiro atoms. The van der Waals surface area contributed by atoms with Gasteiger partial charge in [0, 0.05) is 17.7 Å². The fourth-order valence-corrected chi connectivity index (χ4v) is 3.86. The first-order chi connectivity index (χ1) is 13.5. The second kappa shape index (κ2) is 6.56. The Kier molecular flexibility index (Phi) is 4.19. The minimum absolute atomic E-state index is 0.172. The number of rotatable bonds is 4. The van der Waals surface area contributed by atoms with Crippen LogP contribution in [0.3, 0.4) is 0 Å². The molecule has 3 aromatic heterocycles. The molecule has 0 bridgehead atoms. The third kappa shape index (κ3) is 2.34. The molecule has 6 nitrogen and oxygen atoms in total. The van der Waals surface area contributed by atoms with Gasteiger partial charge in [-0.1, -0.05) is 30.3 Å². The normalized spacial score (nSPS) is 11.1. The summed E-state index contributed by atoms with van der Waals surface area (Å²) < 4.78 is 17.3.